The number of nitrogens with zero attached hydrogens (tertiary/aromatic N) is 5. The summed E-state index contributed by atoms with van der Waals surface area (Å²) in [5, 5.41) is 16.0. The zero-order valence-electron chi connectivity index (χ0n) is 18.6. The van der Waals surface area contributed by atoms with E-state index in [1.807, 2.05) is 49.4 Å². The molecule has 1 aliphatic rings. The summed E-state index contributed by atoms with van der Waals surface area (Å²) in [6.45, 7) is 4.01. The van der Waals surface area contributed by atoms with Crippen molar-refractivity contribution in [1.82, 2.24) is 25.1 Å². The van der Waals surface area contributed by atoms with Gasteiger partial charge in [-0.1, -0.05) is 17.7 Å². The molecule has 32 heavy (non-hydrogen) atoms. The van der Waals surface area contributed by atoms with E-state index in [2.05, 4.69) is 25.6 Å². The first-order valence-electron chi connectivity index (χ1n) is 10.7. The number of aromatic nitrogens is 4. The molecule has 3 aromatic rings. The first-order chi connectivity index (χ1) is 15.6. The number of hydrogen-bond acceptors (Lipinski definition) is 7. The monoisotopic (exact) mass is 436 g/mol. The highest BCUT2D eigenvalue weighted by Gasteiger charge is 2.24. The molecule has 0 spiro atoms. The largest absolute Gasteiger partial charge is 0.493 e. The van der Waals surface area contributed by atoms with E-state index in [0.29, 0.717) is 23.9 Å². The molecule has 0 unspecified atom stereocenters. The fourth-order valence-electron chi connectivity index (χ4n) is 3.82. The third kappa shape index (κ3) is 5.05. The van der Waals surface area contributed by atoms with Crippen LogP contribution in [0.2, 0.25) is 0 Å². The lowest BCUT2D eigenvalue weighted by atomic mass is 10.1. The van der Waals surface area contributed by atoms with Crippen LogP contribution in [-0.2, 0) is 4.79 Å². The number of carbonyl (C=O) groups excluding carboxylic acids is 1. The molecule has 0 atom stereocenters. The van der Waals surface area contributed by atoms with Gasteiger partial charge >= 0.3 is 0 Å². The fourth-order valence-corrected chi connectivity index (χ4v) is 3.82. The molecule has 1 aromatic heterocycles. The van der Waals surface area contributed by atoms with Crippen LogP contribution >= 0.6 is 0 Å². The van der Waals surface area contributed by atoms with Gasteiger partial charge in [-0.2, -0.15) is 4.80 Å². The van der Waals surface area contributed by atoms with Crippen molar-refractivity contribution in [2.45, 2.75) is 25.8 Å². The SMILES string of the molecule is COc1ccc(-c2nnn(C3CCN(CC(=O)Nc4ccc(C)cc4)CC3)n2)cc1OC. The highest BCUT2D eigenvalue weighted by atomic mass is 16.5. The van der Waals surface area contributed by atoms with Crippen molar-refractivity contribution >= 4 is 11.6 Å². The summed E-state index contributed by atoms with van der Waals surface area (Å²) < 4.78 is 10.6. The second kappa shape index (κ2) is 9.78. The molecule has 0 aliphatic carbocycles. The Bertz CT molecular complexity index is 1060. The van der Waals surface area contributed by atoms with Gasteiger partial charge in [-0.3, -0.25) is 9.69 Å². The first kappa shape index (κ1) is 21.8. The topological polar surface area (TPSA) is 94.4 Å². The van der Waals surface area contributed by atoms with Gasteiger partial charge in [-0.05, 0) is 55.3 Å². The normalized spacial score (nSPS) is 14.8. The fraction of sp³-hybridized carbons (Fsp3) is 0.391. The van der Waals surface area contributed by atoms with Crippen molar-refractivity contribution in [2.75, 3.05) is 39.2 Å². The Morgan fingerprint density at radius 3 is 2.47 bits per heavy atom. The minimum Gasteiger partial charge on any atom is -0.493 e. The highest BCUT2D eigenvalue weighted by molar-refractivity contribution is 5.92. The molecule has 1 aliphatic heterocycles. The average molecular weight is 437 g/mol. The second-order valence-corrected chi connectivity index (χ2v) is 7.92. The average Bonchev–Trinajstić information content (AvgIpc) is 3.31. The van der Waals surface area contributed by atoms with Gasteiger partial charge in [0.1, 0.15) is 0 Å². The number of rotatable bonds is 7. The Hall–Kier alpha value is -3.46. The smallest absolute Gasteiger partial charge is 0.238 e. The van der Waals surface area contributed by atoms with Crippen LogP contribution in [0.25, 0.3) is 11.4 Å². The van der Waals surface area contributed by atoms with E-state index >= 15 is 0 Å². The molecule has 1 N–H and O–H groups in total. The van der Waals surface area contributed by atoms with Crippen LogP contribution < -0.4 is 14.8 Å². The van der Waals surface area contributed by atoms with Crippen molar-refractivity contribution in [3.05, 3.63) is 48.0 Å². The molecular formula is C23H28N6O3. The molecular weight excluding hydrogens is 408 g/mol. The van der Waals surface area contributed by atoms with Crippen molar-refractivity contribution in [2.24, 2.45) is 0 Å². The molecule has 0 radical (unpaired) electrons. The number of aryl methyl sites for hydroxylation is 1. The number of hydrogen-bond donors (Lipinski definition) is 1. The number of methoxy groups -OCH3 is 2. The lowest BCUT2D eigenvalue weighted by Crippen LogP contribution is -2.40. The molecule has 0 saturated carbocycles. The Morgan fingerprint density at radius 2 is 1.78 bits per heavy atom. The van der Waals surface area contributed by atoms with Gasteiger partial charge in [0.25, 0.3) is 0 Å². The molecule has 1 fully saturated rings. The summed E-state index contributed by atoms with van der Waals surface area (Å²) in [5.74, 6) is 1.83. The van der Waals surface area contributed by atoms with Gasteiger partial charge in [-0.15, -0.1) is 10.2 Å². The van der Waals surface area contributed by atoms with Crippen molar-refractivity contribution < 1.29 is 14.3 Å². The van der Waals surface area contributed by atoms with Crippen LogP contribution in [0.4, 0.5) is 5.69 Å². The number of ether oxygens (including phenoxy) is 2. The number of carbonyl (C=O) groups is 1. The van der Waals surface area contributed by atoms with E-state index in [0.717, 1.165) is 37.2 Å². The van der Waals surface area contributed by atoms with Crippen LogP contribution in [0.15, 0.2) is 42.5 Å². The van der Waals surface area contributed by atoms with Crippen molar-refractivity contribution in [1.29, 1.82) is 0 Å². The predicted molar refractivity (Wildman–Crippen MR) is 121 cm³/mol. The molecule has 4 rings (SSSR count). The van der Waals surface area contributed by atoms with Gasteiger partial charge in [0.05, 0.1) is 26.8 Å². The maximum atomic E-state index is 12.4. The number of amides is 1. The number of anilines is 1. The maximum absolute atomic E-state index is 12.4. The lowest BCUT2D eigenvalue weighted by Gasteiger charge is -2.30. The van der Waals surface area contributed by atoms with E-state index in [9.17, 15) is 4.79 Å². The van der Waals surface area contributed by atoms with Gasteiger partial charge in [0.2, 0.25) is 11.7 Å². The number of benzene rings is 2. The van der Waals surface area contributed by atoms with Gasteiger partial charge in [0, 0.05) is 24.3 Å². The van der Waals surface area contributed by atoms with E-state index in [1.165, 1.54) is 5.56 Å². The molecule has 0 bridgehead atoms. The zero-order chi connectivity index (χ0) is 22.5. The van der Waals surface area contributed by atoms with Crippen LogP contribution in [-0.4, -0.2) is 64.9 Å². The molecule has 9 nitrogen and oxygen atoms in total. The van der Waals surface area contributed by atoms with Gasteiger partial charge in [-0.25, -0.2) is 0 Å². The molecule has 2 heterocycles. The summed E-state index contributed by atoms with van der Waals surface area (Å²) in [4.78, 5) is 16.2. The third-order valence-corrected chi connectivity index (χ3v) is 5.66. The van der Waals surface area contributed by atoms with E-state index in [-0.39, 0.29) is 11.9 Å². The Balaban J connectivity index is 1.31. The molecule has 2 aromatic carbocycles. The summed E-state index contributed by atoms with van der Waals surface area (Å²) in [6, 6.07) is 13.5. The lowest BCUT2D eigenvalue weighted by molar-refractivity contribution is -0.117. The number of tetrazole rings is 1. The quantitative estimate of drug-likeness (QED) is 0.608. The molecule has 9 heteroatoms. The molecule has 1 saturated heterocycles. The summed E-state index contributed by atoms with van der Waals surface area (Å²) in [5.41, 5.74) is 2.81. The Labute approximate surface area is 187 Å². The van der Waals surface area contributed by atoms with Gasteiger partial charge < -0.3 is 14.8 Å². The second-order valence-electron chi connectivity index (χ2n) is 7.92. The van der Waals surface area contributed by atoms with Crippen LogP contribution in [0, 0.1) is 6.92 Å². The number of nitrogens with one attached hydrogen (secondary N) is 1. The highest BCUT2D eigenvalue weighted by Crippen LogP contribution is 2.31. The first-order valence-corrected chi connectivity index (χ1v) is 10.7. The maximum Gasteiger partial charge on any atom is 0.238 e. The number of likely N-dealkylation sites (tertiary alicyclic amines) is 1. The van der Waals surface area contributed by atoms with E-state index in [1.54, 1.807) is 19.0 Å². The van der Waals surface area contributed by atoms with Crippen molar-refractivity contribution in [3.63, 3.8) is 0 Å². The van der Waals surface area contributed by atoms with E-state index < -0.39 is 0 Å². The van der Waals surface area contributed by atoms with Gasteiger partial charge in [0.15, 0.2) is 11.5 Å². The minimum atomic E-state index is 0.00178. The molecule has 168 valence electrons. The zero-order valence-corrected chi connectivity index (χ0v) is 18.6. The third-order valence-electron chi connectivity index (χ3n) is 5.66. The summed E-state index contributed by atoms with van der Waals surface area (Å²) in [6.07, 6.45) is 1.72. The minimum absolute atomic E-state index is 0.00178. The standard InChI is InChI=1S/C23H28N6O3/c1-16-4-7-18(8-5-16)24-22(30)15-28-12-10-19(11-13-28)29-26-23(25-27-29)17-6-9-20(31-2)21(14-17)32-3/h4-9,14,19H,10-13,15H2,1-3H3,(H,24,30). The van der Waals surface area contributed by atoms with Crippen LogP contribution in [0.1, 0.15) is 24.4 Å². The van der Waals surface area contributed by atoms with Crippen LogP contribution in [0.3, 0.4) is 0 Å². The molecule has 1 amide bonds. The van der Waals surface area contributed by atoms with Crippen LogP contribution in [0.5, 0.6) is 11.5 Å². The Kier molecular flexibility index (Phi) is 6.65. The van der Waals surface area contributed by atoms with E-state index in [4.69, 9.17) is 9.47 Å². The Morgan fingerprint density at radius 1 is 1.06 bits per heavy atom. The van der Waals surface area contributed by atoms with Crippen molar-refractivity contribution in [3.8, 4) is 22.9 Å². The summed E-state index contributed by atoms with van der Waals surface area (Å²) in [7, 11) is 3.20. The number of piperidine rings is 1. The predicted octanol–water partition coefficient (Wildman–Crippen LogP) is 2.94. The summed E-state index contributed by atoms with van der Waals surface area (Å²) >= 11 is 0.